The first kappa shape index (κ1) is 10.7. The molecule has 0 amide bonds. The molecule has 39 heavy (non-hydrogen) atoms. The predicted octanol–water partition coefficient (Wildman–Crippen LogP) is 8.27. The van der Waals surface area contributed by atoms with Gasteiger partial charge in [-0.3, -0.25) is 0 Å². The first-order chi connectivity index (χ1) is 27.6. The minimum Gasteiger partial charge on any atom is -0.456 e. The van der Waals surface area contributed by atoms with Gasteiger partial charge in [-0.05, 0) is 56.0 Å². The maximum atomic E-state index is 9.29. The number of para-hydroxylation sites is 1. The number of hydrogen-bond donors (Lipinski definition) is 0. The summed E-state index contributed by atoms with van der Waals surface area (Å²) in [6, 6.07) is -12.5. The van der Waals surface area contributed by atoms with Crippen molar-refractivity contribution in [3.63, 3.8) is 0 Å². The van der Waals surface area contributed by atoms with E-state index in [0.29, 0.717) is 13.1 Å². The summed E-state index contributed by atoms with van der Waals surface area (Å²) in [6.45, 7) is 9.19. The van der Waals surface area contributed by atoms with Crippen LogP contribution >= 0.6 is 0 Å². The summed E-state index contributed by atoms with van der Waals surface area (Å²) < 4.78 is 178. The lowest BCUT2D eigenvalue weighted by Gasteiger charge is -2.33. The number of furan rings is 1. The van der Waals surface area contributed by atoms with Crippen molar-refractivity contribution in [2.75, 3.05) is 0 Å². The fourth-order valence-electron chi connectivity index (χ4n) is 4.67. The van der Waals surface area contributed by atoms with E-state index in [4.69, 9.17) is 25.0 Å². The van der Waals surface area contributed by atoms with Gasteiger partial charge in [0.2, 0.25) is 0 Å². The molecule has 0 saturated carbocycles. The lowest BCUT2D eigenvalue weighted by molar-refractivity contribution is 0.668. The molecule has 1 aromatic heterocycles. The van der Waals surface area contributed by atoms with Gasteiger partial charge in [-0.2, -0.15) is 0 Å². The van der Waals surface area contributed by atoms with Gasteiger partial charge in [0.1, 0.15) is 11.2 Å². The molecule has 0 aliphatic heterocycles. The monoisotopic (exact) mass is 522 g/mol. The topological polar surface area (TPSA) is 13.1 Å². The molecule has 0 bridgehead atoms. The van der Waals surface area contributed by atoms with Gasteiger partial charge >= 0.3 is 0 Å². The molecule has 2 unspecified atom stereocenters. The van der Waals surface area contributed by atoms with E-state index in [9.17, 15) is 6.85 Å². The van der Waals surface area contributed by atoms with E-state index in [1.165, 1.54) is 12.2 Å². The molecular formula is C38H30O. The average molecular weight is 523 g/mol. The highest BCUT2D eigenvalue weighted by Gasteiger charge is 2.32. The Hall–Kier alpha value is -4.88. The maximum Gasteiger partial charge on any atom is 0.136 e. The summed E-state index contributed by atoms with van der Waals surface area (Å²) in [5, 5.41) is -1.34. The normalized spacial score (nSPS) is 28.0. The summed E-state index contributed by atoms with van der Waals surface area (Å²) in [7, 11) is 0. The van der Waals surface area contributed by atoms with E-state index in [1.807, 2.05) is 0 Å². The fraction of sp³-hybridized carbons (Fsp3) is 0.0526. The van der Waals surface area contributed by atoms with Crippen LogP contribution in [-0.4, -0.2) is 0 Å². The summed E-state index contributed by atoms with van der Waals surface area (Å²) in [6.07, 6.45) is 2.50. The van der Waals surface area contributed by atoms with Crippen LogP contribution in [0.4, 0.5) is 0 Å². The zero-order chi connectivity index (χ0) is 44.0. The number of rotatable bonds is 7. The second-order valence-corrected chi connectivity index (χ2v) is 8.52. The molecule has 188 valence electrons. The second-order valence-electron chi connectivity index (χ2n) is 8.52. The molecule has 1 heteroatoms. The Bertz CT molecular complexity index is 2970. The molecule has 1 nitrogen and oxygen atoms in total. The Kier molecular flexibility index (Phi) is 2.78. The molecule has 2 atom stereocenters. The van der Waals surface area contributed by atoms with E-state index in [1.54, 1.807) is 0 Å². The molecule has 2 aliphatic rings. The number of hydrogen-bond acceptors (Lipinski definition) is 1. The SMILES string of the molecule is [2H]C=C([2H])/C([2H])=C(/[2H])C(=C[2H])C(=C)/C=C\C(=C)C1=c2c([2H])c([2H])c([2H])c([2H])c2=C(c2c([2H])c([2H])c([2H])c3oc4c([2H])c([2H])c([2H])c([2H])c4c23)C2C([2H])=C([2H])C([2H])=C([2H])C12. The van der Waals surface area contributed by atoms with Crippen LogP contribution in [0.2, 0.25) is 0 Å². The Morgan fingerprint density at radius 3 is 2.46 bits per heavy atom. The van der Waals surface area contributed by atoms with Gasteiger partial charge in [-0.15, -0.1) is 0 Å². The highest BCUT2D eigenvalue weighted by Crippen LogP contribution is 2.43. The first-order valence-corrected chi connectivity index (χ1v) is 11.6. The molecule has 3 aromatic carbocycles. The van der Waals surface area contributed by atoms with Gasteiger partial charge in [-0.25, -0.2) is 0 Å². The fourth-order valence-corrected chi connectivity index (χ4v) is 4.67. The molecule has 0 N–H and O–H groups in total. The minimum absolute atomic E-state index is 0.0684. The van der Waals surface area contributed by atoms with E-state index in [0.717, 1.165) is 0 Å². The van der Waals surface area contributed by atoms with Crippen LogP contribution in [0.1, 0.15) is 33.0 Å². The quantitative estimate of drug-likeness (QED) is 0.223. The van der Waals surface area contributed by atoms with Crippen LogP contribution in [0, 0.1) is 11.8 Å². The summed E-state index contributed by atoms with van der Waals surface area (Å²) in [5.41, 5.74) is -2.19. The van der Waals surface area contributed by atoms with Gasteiger partial charge < -0.3 is 4.42 Å². The van der Waals surface area contributed by atoms with E-state index >= 15 is 0 Å². The summed E-state index contributed by atoms with van der Waals surface area (Å²) in [4.78, 5) is 0. The summed E-state index contributed by atoms with van der Waals surface area (Å²) >= 11 is 0. The lowest BCUT2D eigenvalue weighted by atomic mass is 9.69. The third-order valence-electron chi connectivity index (χ3n) is 6.36. The molecule has 0 radical (unpaired) electrons. The Labute approximate surface area is 257 Å². The molecule has 4 aromatic rings. The molecule has 0 fully saturated rings. The first-order valence-electron chi connectivity index (χ1n) is 21.7. The van der Waals surface area contributed by atoms with Crippen LogP contribution in [0.15, 0.2) is 168 Å². The largest absolute Gasteiger partial charge is 0.456 e. The van der Waals surface area contributed by atoms with E-state index in [2.05, 4.69) is 13.2 Å². The Balaban J connectivity index is 1.86. The van der Waals surface area contributed by atoms with Gasteiger partial charge in [0.05, 0.1) is 27.4 Å². The molecule has 1 heterocycles. The molecule has 0 saturated heterocycles. The standard InChI is InChI=1S/C38H30O/c1-5-6-14-25(2)26(3)23-24-27(4)36-28-15-7-9-17-30(28)37(31-18-10-8-16-29(31)36)33-20-13-22-35-38(33)32-19-11-12-21-34(32)39-35/h5-24,28,30H,1-4H2/b14-6-,24-23-/i1D,2D,5D,6D,7D,8D,9D,10D,11D,12D,13D,14D,15D,16D,17D,18D,19D,20D,21D,22D/b5-1?,14-6-,24-23-,25-2?. The number of allylic oxidation sites excluding steroid dienone is 12. The molecule has 2 aliphatic carbocycles. The Morgan fingerprint density at radius 2 is 1.62 bits per heavy atom. The van der Waals surface area contributed by atoms with Crippen LogP contribution in [-0.2, 0) is 0 Å². The highest BCUT2D eigenvalue weighted by atomic mass is 16.3. The van der Waals surface area contributed by atoms with E-state index in [-0.39, 0.29) is 49.1 Å². The van der Waals surface area contributed by atoms with Crippen molar-refractivity contribution in [2.24, 2.45) is 11.8 Å². The minimum atomic E-state index is -1.65. The average Bonchev–Trinajstić information content (AvgIpc) is 3.62. The highest BCUT2D eigenvalue weighted by molar-refractivity contribution is 6.10. The van der Waals surface area contributed by atoms with Crippen molar-refractivity contribution in [3.8, 4) is 0 Å². The lowest BCUT2D eigenvalue weighted by Crippen LogP contribution is -2.40. The van der Waals surface area contributed by atoms with Crippen molar-refractivity contribution >= 4 is 33.1 Å². The second kappa shape index (κ2) is 10.1. The van der Waals surface area contributed by atoms with Crippen molar-refractivity contribution in [2.45, 2.75) is 0 Å². The zero-order valence-corrected chi connectivity index (χ0v) is 20.3. The van der Waals surface area contributed by atoms with Gasteiger partial charge in [-0.1, -0.05) is 135 Å². The molecule has 6 rings (SSSR count). The van der Waals surface area contributed by atoms with Crippen LogP contribution < -0.4 is 10.4 Å². The van der Waals surface area contributed by atoms with Crippen molar-refractivity contribution < 1.29 is 31.8 Å². The third kappa shape index (κ3) is 4.23. The number of fused-ring (bicyclic) bond motifs is 5. The van der Waals surface area contributed by atoms with Gasteiger partial charge in [0.25, 0.3) is 0 Å². The maximum absolute atomic E-state index is 9.29. The van der Waals surface area contributed by atoms with Crippen molar-refractivity contribution in [1.29, 1.82) is 0 Å². The predicted molar refractivity (Wildman–Crippen MR) is 166 cm³/mol. The zero-order valence-electron chi connectivity index (χ0n) is 40.3. The van der Waals surface area contributed by atoms with Gasteiger partial charge in [0.15, 0.2) is 0 Å². The van der Waals surface area contributed by atoms with E-state index < -0.39 is 137 Å². The van der Waals surface area contributed by atoms with Crippen LogP contribution in [0.3, 0.4) is 0 Å². The van der Waals surface area contributed by atoms with Crippen molar-refractivity contribution in [3.05, 3.63) is 180 Å². The van der Waals surface area contributed by atoms with Crippen LogP contribution in [0.5, 0.6) is 0 Å². The number of benzene rings is 3. The Morgan fingerprint density at radius 1 is 0.846 bits per heavy atom. The smallest absolute Gasteiger partial charge is 0.136 e. The van der Waals surface area contributed by atoms with Crippen LogP contribution in [0.25, 0.3) is 33.1 Å². The van der Waals surface area contributed by atoms with Gasteiger partial charge in [0, 0.05) is 22.6 Å². The molecular weight excluding hydrogens is 472 g/mol. The summed E-state index contributed by atoms with van der Waals surface area (Å²) in [5.74, 6) is -3.21. The molecule has 0 spiro atoms. The van der Waals surface area contributed by atoms with Crippen molar-refractivity contribution in [1.82, 2.24) is 0 Å². The third-order valence-corrected chi connectivity index (χ3v) is 6.36.